The molecule has 1 aromatic carbocycles. The first-order valence-electron chi connectivity index (χ1n) is 5.61. The lowest BCUT2D eigenvalue weighted by molar-refractivity contribution is -0.145. The first-order chi connectivity index (χ1) is 7.74. The van der Waals surface area contributed by atoms with E-state index in [-0.39, 0.29) is 11.9 Å². The van der Waals surface area contributed by atoms with Crippen LogP contribution in [0.2, 0.25) is 0 Å². The summed E-state index contributed by atoms with van der Waals surface area (Å²) in [7, 11) is 0. The van der Waals surface area contributed by atoms with Gasteiger partial charge in [-0.3, -0.25) is 4.79 Å². The number of allylic oxidation sites excluding steroid dienone is 1. The van der Waals surface area contributed by atoms with Crippen LogP contribution in [0.15, 0.2) is 42.5 Å². The third kappa shape index (κ3) is 4.30. The number of hydrogen-bond acceptors (Lipinski definition) is 2. The van der Waals surface area contributed by atoms with E-state index in [9.17, 15) is 4.79 Å². The summed E-state index contributed by atoms with van der Waals surface area (Å²) in [5.41, 5.74) is 1.25. The van der Waals surface area contributed by atoms with Crippen molar-refractivity contribution >= 4 is 5.97 Å². The first-order valence-corrected chi connectivity index (χ1v) is 5.61. The van der Waals surface area contributed by atoms with Crippen molar-refractivity contribution in [3.8, 4) is 0 Å². The molecule has 86 valence electrons. The van der Waals surface area contributed by atoms with Gasteiger partial charge in [-0.05, 0) is 25.8 Å². The van der Waals surface area contributed by atoms with E-state index in [0.717, 1.165) is 6.42 Å². The van der Waals surface area contributed by atoms with Crippen molar-refractivity contribution in [3.63, 3.8) is 0 Å². The van der Waals surface area contributed by atoms with Gasteiger partial charge < -0.3 is 4.74 Å². The Morgan fingerprint density at radius 2 is 2.06 bits per heavy atom. The summed E-state index contributed by atoms with van der Waals surface area (Å²) in [4.78, 5) is 11.3. The molecule has 0 N–H and O–H groups in total. The highest BCUT2D eigenvalue weighted by atomic mass is 16.5. The lowest BCUT2D eigenvalue weighted by atomic mass is 10.1. The molecule has 1 atom stereocenters. The summed E-state index contributed by atoms with van der Waals surface area (Å²) in [5, 5.41) is 0. The average molecular weight is 218 g/mol. The van der Waals surface area contributed by atoms with Gasteiger partial charge in [-0.25, -0.2) is 0 Å². The van der Waals surface area contributed by atoms with Crippen molar-refractivity contribution in [2.75, 3.05) is 6.61 Å². The smallest absolute Gasteiger partial charge is 0.312 e. The van der Waals surface area contributed by atoms with Crippen molar-refractivity contribution in [2.24, 2.45) is 5.92 Å². The normalized spacial score (nSPS) is 12.6. The molecule has 0 amide bonds. The molecule has 2 heteroatoms. The molecule has 0 bridgehead atoms. The van der Waals surface area contributed by atoms with E-state index in [2.05, 4.69) is 12.1 Å². The quantitative estimate of drug-likeness (QED) is 0.561. The minimum Gasteiger partial charge on any atom is -0.466 e. The summed E-state index contributed by atoms with van der Waals surface area (Å²) in [6.07, 6.45) is 4.76. The van der Waals surface area contributed by atoms with E-state index in [4.69, 9.17) is 4.74 Å². The van der Waals surface area contributed by atoms with Crippen molar-refractivity contribution in [3.05, 3.63) is 48.0 Å². The van der Waals surface area contributed by atoms with Crippen molar-refractivity contribution in [1.29, 1.82) is 0 Å². The van der Waals surface area contributed by atoms with Crippen LogP contribution in [0.1, 0.15) is 19.4 Å². The monoisotopic (exact) mass is 218 g/mol. The van der Waals surface area contributed by atoms with Gasteiger partial charge in [-0.15, -0.1) is 0 Å². The van der Waals surface area contributed by atoms with E-state index < -0.39 is 0 Å². The molecule has 16 heavy (non-hydrogen) atoms. The van der Waals surface area contributed by atoms with Gasteiger partial charge in [-0.1, -0.05) is 42.5 Å². The molecule has 0 saturated carbocycles. The second-order valence-electron chi connectivity index (χ2n) is 3.66. The van der Waals surface area contributed by atoms with Crippen LogP contribution in [0, 0.1) is 5.92 Å². The fourth-order valence-electron chi connectivity index (χ4n) is 1.37. The van der Waals surface area contributed by atoms with Crippen LogP contribution in [0.3, 0.4) is 0 Å². The van der Waals surface area contributed by atoms with Gasteiger partial charge in [0.2, 0.25) is 0 Å². The molecule has 0 spiro atoms. The molecule has 1 rings (SSSR count). The maximum atomic E-state index is 11.3. The largest absolute Gasteiger partial charge is 0.466 e. The van der Waals surface area contributed by atoms with Crippen LogP contribution < -0.4 is 0 Å². The summed E-state index contributed by atoms with van der Waals surface area (Å²) < 4.78 is 4.92. The number of hydrogen-bond donors (Lipinski definition) is 0. The highest BCUT2D eigenvalue weighted by Gasteiger charge is 2.08. The van der Waals surface area contributed by atoms with E-state index >= 15 is 0 Å². The van der Waals surface area contributed by atoms with E-state index in [0.29, 0.717) is 6.61 Å². The zero-order chi connectivity index (χ0) is 11.8. The topological polar surface area (TPSA) is 26.3 Å². The molecule has 0 saturated heterocycles. The van der Waals surface area contributed by atoms with Crippen molar-refractivity contribution in [1.82, 2.24) is 0 Å². The summed E-state index contributed by atoms with van der Waals surface area (Å²) >= 11 is 0. The van der Waals surface area contributed by atoms with Crippen molar-refractivity contribution < 1.29 is 9.53 Å². The van der Waals surface area contributed by atoms with Crippen LogP contribution >= 0.6 is 0 Å². The number of carbonyl (C=O) groups is 1. The Morgan fingerprint density at radius 1 is 1.38 bits per heavy atom. The molecule has 0 fully saturated rings. The Kier molecular flexibility index (Phi) is 5.34. The van der Waals surface area contributed by atoms with Crippen LogP contribution in [0.5, 0.6) is 0 Å². The standard InChI is InChI=1S/C14H18O2/c1-3-16-14(15)12(2)8-7-11-13-9-5-4-6-10-13/h4-10,12H,3,11H2,1-2H3/b8-7-/t12-/m1/s1. The number of ether oxygens (including phenoxy) is 1. The molecule has 0 heterocycles. The van der Waals surface area contributed by atoms with E-state index in [1.165, 1.54) is 5.56 Å². The molecule has 2 nitrogen and oxygen atoms in total. The molecular weight excluding hydrogens is 200 g/mol. The molecule has 1 aromatic rings. The van der Waals surface area contributed by atoms with Crippen LogP contribution in [0.25, 0.3) is 0 Å². The van der Waals surface area contributed by atoms with E-state index in [1.807, 2.05) is 44.2 Å². The third-order valence-corrected chi connectivity index (χ3v) is 2.28. The molecule has 0 aliphatic carbocycles. The molecule has 0 aliphatic heterocycles. The molecule has 0 aromatic heterocycles. The predicted molar refractivity (Wildman–Crippen MR) is 65.1 cm³/mol. The number of esters is 1. The molecular formula is C14H18O2. The van der Waals surface area contributed by atoms with Crippen LogP contribution in [0.4, 0.5) is 0 Å². The van der Waals surface area contributed by atoms with Gasteiger partial charge >= 0.3 is 5.97 Å². The minimum absolute atomic E-state index is 0.160. The Balaban J connectivity index is 2.40. The second-order valence-corrected chi connectivity index (χ2v) is 3.66. The predicted octanol–water partition coefficient (Wildman–Crippen LogP) is 2.98. The molecule has 0 radical (unpaired) electrons. The minimum atomic E-state index is -0.163. The van der Waals surface area contributed by atoms with Gasteiger partial charge in [0, 0.05) is 0 Å². The average Bonchev–Trinajstić information content (AvgIpc) is 2.30. The second kappa shape index (κ2) is 6.83. The highest BCUT2D eigenvalue weighted by molar-refractivity contribution is 5.73. The van der Waals surface area contributed by atoms with Crippen LogP contribution in [-0.4, -0.2) is 12.6 Å². The van der Waals surface area contributed by atoms with Crippen molar-refractivity contribution in [2.45, 2.75) is 20.3 Å². The van der Waals surface area contributed by atoms with Gasteiger partial charge in [0.1, 0.15) is 0 Å². The maximum absolute atomic E-state index is 11.3. The summed E-state index contributed by atoms with van der Waals surface area (Å²) in [5.74, 6) is -0.324. The van der Waals surface area contributed by atoms with Gasteiger partial charge in [-0.2, -0.15) is 0 Å². The number of carbonyl (C=O) groups excluding carboxylic acids is 1. The maximum Gasteiger partial charge on any atom is 0.312 e. The third-order valence-electron chi connectivity index (χ3n) is 2.28. The van der Waals surface area contributed by atoms with Gasteiger partial charge in [0.25, 0.3) is 0 Å². The van der Waals surface area contributed by atoms with Crippen LogP contribution in [-0.2, 0) is 16.0 Å². The fraction of sp³-hybridized carbons (Fsp3) is 0.357. The molecule has 0 aliphatic rings. The SMILES string of the molecule is CCOC(=O)[C@H](C)/C=C\Cc1ccccc1. The summed E-state index contributed by atoms with van der Waals surface area (Å²) in [6, 6.07) is 10.2. The zero-order valence-electron chi connectivity index (χ0n) is 9.85. The van der Waals surface area contributed by atoms with Gasteiger partial charge in [0.05, 0.1) is 12.5 Å². The van der Waals surface area contributed by atoms with Gasteiger partial charge in [0.15, 0.2) is 0 Å². The fourth-order valence-corrected chi connectivity index (χ4v) is 1.37. The Labute approximate surface area is 96.9 Å². The molecule has 0 unspecified atom stereocenters. The number of benzene rings is 1. The first kappa shape index (κ1) is 12.5. The lowest BCUT2D eigenvalue weighted by Gasteiger charge is -2.04. The highest BCUT2D eigenvalue weighted by Crippen LogP contribution is 2.04. The number of rotatable bonds is 5. The van der Waals surface area contributed by atoms with E-state index in [1.54, 1.807) is 0 Å². The zero-order valence-corrected chi connectivity index (χ0v) is 9.85. The Hall–Kier alpha value is -1.57. The Bertz CT molecular complexity index is 341. The Morgan fingerprint density at radius 3 is 2.69 bits per heavy atom. The summed E-state index contributed by atoms with van der Waals surface area (Å²) in [6.45, 7) is 4.10. The lowest BCUT2D eigenvalue weighted by Crippen LogP contribution is -2.12.